The monoisotopic (exact) mass is 228 g/mol. The Labute approximate surface area is 98.0 Å². The summed E-state index contributed by atoms with van der Waals surface area (Å²) in [6.07, 6.45) is 5.41. The number of hydrogen-bond acceptors (Lipinski definition) is 2. The van der Waals surface area contributed by atoms with E-state index < -0.39 is 0 Å². The number of nitrogens with zero attached hydrogens (tertiary/aromatic N) is 2. The first-order chi connectivity index (χ1) is 7.17. The maximum atomic E-state index is 11.8. The number of rotatable bonds is 7. The Balaban J connectivity index is 4.20. The minimum absolute atomic E-state index is 0.0911. The molecule has 0 fully saturated rings. The van der Waals surface area contributed by atoms with Crippen LogP contribution in [0.2, 0.25) is 0 Å². The number of unbranched alkanes of at least 4 members (excludes halogenated alkanes) is 1. The maximum absolute atomic E-state index is 11.8. The maximum Gasteiger partial charge on any atom is 0.330 e. The van der Waals surface area contributed by atoms with E-state index in [1.165, 1.54) is 4.31 Å². The van der Waals surface area contributed by atoms with E-state index in [0.29, 0.717) is 19.6 Å². The molecule has 3 nitrogen and oxygen atoms in total. The summed E-state index contributed by atoms with van der Waals surface area (Å²) in [6.45, 7) is 11.0. The molecule has 0 aromatic heterocycles. The highest BCUT2D eigenvalue weighted by atomic mass is 32.1. The molecule has 86 valence electrons. The van der Waals surface area contributed by atoms with Crippen LogP contribution in [0.5, 0.6) is 0 Å². The van der Waals surface area contributed by atoms with E-state index in [2.05, 4.69) is 32.9 Å². The van der Waals surface area contributed by atoms with Crippen LogP contribution in [-0.4, -0.2) is 34.9 Å². The van der Waals surface area contributed by atoms with Gasteiger partial charge in [-0.05, 0) is 6.42 Å². The lowest BCUT2D eigenvalue weighted by molar-refractivity contribution is 0.191. The summed E-state index contributed by atoms with van der Waals surface area (Å²) < 4.78 is 1.44. The molecular weight excluding hydrogens is 208 g/mol. The van der Waals surface area contributed by atoms with E-state index in [0.717, 1.165) is 12.8 Å². The second-order valence-electron chi connectivity index (χ2n) is 3.24. The number of carbonyl (C=O) groups is 1. The third-order valence-corrected chi connectivity index (χ3v) is 2.28. The van der Waals surface area contributed by atoms with Crippen LogP contribution < -0.4 is 0 Å². The molecule has 2 amide bonds. The van der Waals surface area contributed by atoms with Crippen LogP contribution in [0.3, 0.4) is 0 Å². The van der Waals surface area contributed by atoms with E-state index >= 15 is 0 Å². The molecule has 0 aliphatic heterocycles. The molecule has 0 saturated heterocycles. The minimum Gasteiger partial charge on any atom is -0.317 e. The van der Waals surface area contributed by atoms with Crippen LogP contribution in [0, 0.1) is 0 Å². The molecule has 0 aromatic rings. The first-order valence-electron chi connectivity index (χ1n) is 5.14. The van der Waals surface area contributed by atoms with Gasteiger partial charge in [-0.15, -0.1) is 13.2 Å². The Bertz CT molecular complexity index is 209. The number of thiol groups is 1. The van der Waals surface area contributed by atoms with E-state index in [4.69, 9.17) is 0 Å². The molecule has 0 spiro atoms. The fourth-order valence-corrected chi connectivity index (χ4v) is 1.38. The Kier molecular flexibility index (Phi) is 7.91. The molecular formula is C11H20N2OS. The van der Waals surface area contributed by atoms with Gasteiger partial charge >= 0.3 is 6.03 Å². The zero-order valence-corrected chi connectivity index (χ0v) is 10.2. The highest BCUT2D eigenvalue weighted by Gasteiger charge is 2.15. The number of hydrogen-bond donors (Lipinski definition) is 1. The van der Waals surface area contributed by atoms with Gasteiger partial charge in [0.15, 0.2) is 0 Å². The van der Waals surface area contributed by atoms with Gasteiger partial charge in [0, 0.05) is 19.6 Å². The average Bonchev–Trinajstić information content (AvgIpc) is 2.24. The van der Waals surface area contributed by atoms with Crippen molar-refractivity contribution in [1.29, 1.82) is 0 Å². The van der Waals surface area contributed by atoms with Crippen LogP contribution in [0.25, 0.3) is 0 Å². The fraction of sp³-hybridized carbons (Fsp3) is 0.545. The summed E-state index contributed by atoms with van der Waals surface area (Å²) >= 11 is 4.16. The van der Waals surface area contributed by atoms with Crippen molar-refractivity contribution in [3.05, 3.63) is 25.3 Å². The summed E-state index contributed by atoms with van der Waals surface area (Å²) in [4.78, 5) is 13.5. The van der Waals surface area contributed by atoms with Gasteiger partial charge in [-0.25, -0.2) is 4.79 Å². The number of amides is 2. The van der Waals surface area contributed by atoms with E-state index in [-0.39, 0.29) is 6.03 Å². The van der Waals surface area contributed by atoms with Crippen molar-refractivity contribution >= 4 is 18.8 Å². The molecule has 15 heavy (non-hydrogen) atoms. The van der Waals surface area contributed by atoms with E-state index in [1.807, 2.05) is 0 Å². The Morgan fingerprint density at radius 1 is 1.33 bits per heavy atom. The molecule has 0 bridgehead atoms. The lowest BCUT2D eigenvalue weighted by atomic mass is 10.3. The van der Waals surface area contributed by atoms with Crippen molar-refractivity contribution in [1.82, 2.24) is 9.21 Å². The van der Waals surface area contributed by atoms with E-state index in [9.17, 15) is 4.79 Å². The molecule has 0 unspecified atom stereocenters. The topological polar surface area (TPSA) is 23.6 Å². The molecule has 0 saturated carbocycles. The van der Waals surface area contributed by atoms with Crippen molar-refractivity contribution in [3.63, 3.8) is 0 Å². The largest absolute Gasteiger partial charge is 0.330 e. The molecule has 0 aliphatic rings. The van der Waals surface area contributed by atoms with Gasteiger partial charge in [-0.3, -0.25) is 4.31 Å². The van der Waals surface area contributed by atoms with Gasteiger partial charge in [0.05, 0.1) is 0 Å². The van der Waals surface area contributed by atoms with Crippen LogP contribution in [0.4, 0.5) is 4.79 Å². The van der Waals surface area contributed by atoms with Gasteiger partial charge in [0.25, 0.3) is 0 Å². The molecule has 0 rings (SSSR count). The SMILES string of the molecule is C=CCN(CC=C)C(=O)N(S)CCCC. The molecule has 0 heterocycles. The van der Waals surface area contributed by atoms with Gasteiger partial charge in [0.1, 0.15) is 0 Å². The van der Waals surface area contributed by atoms with Crippen molar-refractivity contribution in [2.24, 2.45) is 0 Å². The predicted octanol–water partition coefficient (Wildman–Crippen LogP) is 2.73. The van der Waals surface area contributed by atoms with Gasteiger partial charge < -0.3 is 4.90 Å². The van der Waals surface area contributed by atoms with Gasteiger partial charge in [0.2, 0.25) is 0 Å². The van der Waals surface area contributed by atoms with Crippen LogP contribution in [0.1, 0.15) is 19.8 Å². The quantitative estimate of drug-likeness (QED) is 0.525. The third kappa shape index (κ3) is 5.52. The standard InChI is InChI=1S/C11H20N2OS/c1-4-7-10-13(15)11(14)12(8-5-2)9-6-3/h5-6,15H,2-4,7-10H2,1H3. The van der Waals surface area contributed by atoms with Crippen molar-refractivity contribution in [3.8, 4) is 0 Å². The second kappa shape index (κ2) is 8.41. The van der Waals surface area contributed by atoms with Crippen molar-refractivity contribution < 1.29 is 4.79 Å². The van der Waals surface area contributed by atoms with Crippen LogP contribution >= 0.6 is 12.8 Å². The summed E-state index contributed by atoms with van der Waals surface area (Å²) in [6, 6.07) is -0.0911. The smallest absolute Gasteiger partial charge is 0.317 e. The predicted molar refractivity (Wildman–Crippen MR) is 68.0 cm³/mol. The highest BCUT2D eigenvalue weighted by Crippen LogP contribution is 2.05. The van der Waals surface area contributed by atoms with Crippen molar-refractivity contribution in [2.45, 2.75) is 19.8 Å². The van der Waals surface area contributed by atoms with Gasteiger partial charge in [-0.1, -0.05) is 38.3 Å². The Morgan fingerprint density at radius 2 is 1.87 bits per heavy atom. The molecule has 0 N–H and O–H groups in total. The minimum atomic E-state index is -0.0911. The van der Waals surface area contributed by atoms with Crippen molar-refractivity contribution in [2.75, 3.05) is 19.6 Å². The second-order valence-corrected chi connectivity index (χ2v) is 3.72. The molecule has 0 aliphatic carbocycles. The fourth-order valence-electron chi connectivity index (χ4n) is 1.11. The lowest BCUT2D eigenvalue weighted by Crippen LogP contribution is -2.39. The Hall–Kier alpha value is -0.900. The highest BCUT2D eigenvalue weighted by molar-refractivity contribution is 7.78. The molecule has 0 radical (unpaired) electrons. The summed E-state index contributed by atoms with van der Waals surface area (Å²) in [5.74, 6) is 0. The lowest BCUT2D eigenvalue weighted by Gasteiger charge is -2.25. The van der Waals surface area contributed by atoms with E-state index in [1.54, 1.807) is 17.1 Å². The average molecular weight is 228 g/mol. The number of urea groups is 1. The summed E-state index contributed by atoms with van der Waals surface area (Å²) in [7, 11) is 0. The van der Waals surface area contributed by atoms with Gasteiger partial charge in [-0.2, -0.15) is 0 Å². The zero-order valence-electron chi connectivity index (χ0n) is 9.35. The van der Waals surface area contributed by atoms with Crippen LogP contribution in [0.15, 0.2) is 25.3 Å². The number of carbonyl (C=O) groups excluding carboxylic acids is 1. The van der Waals surface area contributed by atoms with Crippen LogP contribution in [-0.2, 0) is 0 Å². The summed E-state index contributed by atoms with van der Waals surface area (Å²) in [5, 5.41) is 0. The third-order valence-electron chi connectivity index (χ3n) is 1.91. The molecule has 4 heteroatoms. The zero-order chi connectivity index (χ0) is 11.7. The first-order valence-corrected chi connectivity index (χ1v) is 5.54. The molecule has 0 atom stereocenters. The first kappa shape index (κ1) is 14.1. The normalized spacial score (nSPS) is 9.47. The Morgan fingerprint density at radius 3 is 2.27 bits per heavy atom. The molecule has 0 aromatic carbocycles. The summed E-state index contributed by atoms with van der Waals surface area (Å²) in [5.41, 5.74) is 0.